The Bertz CT molecular complexity index is 348. The molecule has 0 radical (unpaired) electrons. The quantitative estimate of drug-likeness (QED) is 0.116. The van der Waals surface area contributed by atoms with Crippen LogP contribution in [0.3, 0.4) is 0 Å². The van der Waals surface area contributed by atoms with Crippen LogP contribution in [0.25, 0.3) is 0 Å². The van der Waals surface area contributed by atoms with E-state index in [0.29, 0.717) is 5.38 Å². The Labute approximate surface area is 207 Å². The molecule has 0 heterocycles. The second-order valence-electron chi connectivity index (χ2n) is 9.85. The molecule has 0 rings (SSSR count). The molecule has 0 spiro atoms. The van der Waals surface area contributed by atoms with E-state index >= 15 is 0 Å². The van der Waals surface area contributed by atoms with E-state index in [4.69, 9.17) is 11.6 Å². The molecule has 0 aromatic carbocycles. The van der Waals surface area contributed by atoms with Crippen LogP contribution < -0.4 is 12.4 Å². The molecule has 2 nitrogen and oxygen atoms in total. The van der Waals surface area contributed by atoms with Gasteiger partial charge >= 0.3 is 0 Å². The molecular weight excluding hydrogens is 425 g/mol. The van der Waals surface area contributed by atoms with E-state index < -0.39 is 0 Å². The molecule has 2 unspecified atom stereocenters. The van der Waals surface area contributed by atoms with Crippen molar-refractivity contribution < 1.29 is 22.0 Å². The normalized spacial score (nSPS) is 13.7. The summed E-state index contributed by atoms with van der Waals surface area (Å²) in [6.45, 7) is 12.8. The molecule has 2 atom stereocenters. The van der Waals surface area contributed by atoms with E-state index in [1.165, 1.54) is 96.3 Å². The molecule has 31 heavy (non-hydrogen) atoms. The molecule has 0 fully saturated rings. The molecule has 0 aromatic rings. The maximum Gasteiger partial charge on any atom is 0.105 e. The molecule has 0 aliphatic carbocycles. The van der Waals surface area contributed by atoms with E-state index in [9.17, 15) is 5.11 Å². The summed E-state index contributed by atoms with van der Waals surface area (Å²) in [5.74, 6) is 0. The zero-order valence-corrected chi connectivity index (χ0v) is 23.2. The molecule has 0 aromatic heterocycles. The minimum Gasteiger partial charge on any atom is -1.00 e. The fourth-order valence-electron chi connectivity index (χ4n) is 4.75. The minimum atomic E-state index is -0.228. The summed E-state index contributed by atoms with van der Waals surface area (Å²) in [7, 11) is 0. The Balaban J connectivity index is 0. The summed E-state index contributed by atoms with van der Waals surface area (Å²) in [5, 5.41) is 10.1. The van der Waals surface area contributed by atoms with Crippen LogP contribution in [0.15, 0.2) is 0 Å². The van der Waals surface area contributed by atoms with Crippen molar-refractivity contribution in [1.29, 1.82) is 0 Å². The van der Waals surface area contributed by atoms with E-state index in [2.05, 4.69) is 20.8 Å². The number of aliphatic hydroxyl groups is 1. The first kappa shape index (κ1) is 33.7. The third kappa shape index (κ3) is 20.8. The predicted octanol–water partition coefficient (Wildman–Crippen LogP) is 5.49. The first-order valence-electron chi connectivity index (χ1n) is 13.7. The summed E-state index contributed by atoms with van der Waals surface area (Å²) in [4.78, 5) is 0. The van der Waals surface area contributed by atoms with Crippen LogP contribution in [0.5, 0.6) is 0 Å². The highest BCUT2D eigenvalue weighted by atomic mass is 35.5. The lowest BCUT2D eigenvalue weighted by molar-refractivity contribution is -0.927. The zero-order valence-electron chi connectivity index (χ0n) is 21.7. The van der Waals surface area contributed by atoms with Crippen LogP contribution in [0.2, 0.25) is 0 Å². The summed E-state index contributed by atoms with van der Waals surface area (Å²) < 4.78 is 1.000. The highest BCUT2D eigenvalue weighted by molar-refractivity contribution is 6.20. The van der Waals surface area contributed by atoms with Gasteiger partial charge in [-0.05, 0) is 27.2 Å². The van der Waals surface area contributed by atoms with Gasteiger partial charge in [0.1, 0.15) is 12.6 Å². The van der Waals surface area contributed by atoms with Gasteiger partial charge in [-0.2, -0.15) is 0 Å². The van der Waals surface area contributed by atoms with Gasteiger partial charge in [0.25, 0.3) is 0 Å². The number of quaternary nitrogens is 1. The van der Waals surface area contributed by atoms with Gasteiger partial charge in [-0.25, -0.2) is 0 Å². The standard InChI is InChI=1S/C27H57ClNO.ClH/c1-5-8-9-10-11-12-13-14-15-16-17-18-19-20-21-22-27(28)23-24-29(6-2,7-3)25-26(4)30;/h26-27,30H,5-25H2,1-4H3;1H/q+1;/p-1. The van der Waals surface area contributed by atoms with Crippen molar-refractivity contribution in [1.82, 2.24) is 0 Å². The number of rotatable bonds is 23. The number of hydrogen-bond acceptors (Lipinski definition) is 1. The van der Waals surface area contributed by atoms with Gasteiger partial charge < -0.3 is 22.0 Å². The lowest BCUT2D eigenvalue weighted by Crippen LogP contribution is -3.00. The van der Waals surface area contributed by atoms with Gasteiger partial charge in [0.15, 0.2) is 0 Å². The largest absolute Gasteiger partial charge is 1.00 e. The molecule has 1 N–H and O–H groups in total. The predicted molar refractivity (Wildman–Crippen MR) is 137 cm³/mol. The molecule has 0 bridgehead atoms. The Kier molecular flexibility index (Phi) is 25.7. The Morgan fingerprint density at radius 1 is 0.645 bits per heavy atom. The molecule has 0 amide bonds. The minimum absolute atomic E-state index is 0. The first-order chi connectivity index (χ1) is 14.5. The van der Waals surface area contributed by atoms with Crippen LogP contribution in [0.1, 0.15) is 137 Å². The number of hydrogen-bond donors (Lipinski definition) is 1. The SMILES string of the molecule is CCCCCCCCCCCCCCCCCC(Cl)CC[N+](CC)(CC)CC(C)O.[Cl-]. The van der Waals surface area contributed by atoms with Gasteiger partial charge in [0, 0.05) is 11.8 Å². The molecule has 0 saturated heterocycles. The lowest BCUT2D eigenvalue weighted by atomic mass is 10.0. The zero-order chi connectivity index (χ0) is 22.5. The summed E-state index contributed by atoms with van der Waals surface area (Å²) in [5.41, 5.74) is 0. The monoisotopic (exact) mass is 481 g/mol. The van der Waals surface area contributed by atoms with Crippen LogP contribution in [0.4, 0.5) is 0 Å². The van der Waals surface area contributed by atoms with Gasteiger partial charge in [-0.3, -0.25) is 0 Å². The summed E-state index contributed by atoms with van der Waals surface area (Å²) >= 11 is 6.62. The van der Waals surface area contributed by atoms with Crippen LogP contribution in [-0.2, 0) is 0 Å². The highest BCUT2D eigenvalue weighted by Gasteiger charge is 2.26. The van der Waals surface area contributed by atoms with E-state index in [1.807, 2.05) is 6.92 Å². The smallest absolute Gasteiger partial charge is 0.105 e. The average molecular weight is 483 g/mol. The molecule has 0 saturated carbocycles. The van der Waals surface area contributed by atoms with Crippen molar-refractivity contribution in [3.63, 3.8) is 0 Å². The number of likely N-dealkylation sites (N-methyl/N-ethyl adjacent to an activating group) is 1. The highest BCUT2D eigenvalue weighted by Crippen LogP contribution is 2.19. The molecule has 0 aliphatic heterocycles. The Morgan fingerprint density at radius 2 is 1.03 bits per heavy atom. The van der Waals surface area contributed by atoms with Crippen molar-refractivity contribution in [3.8, 4) is 0 Å². The molecule has 4 heteroatoms. The Hall–Kier alpha value is 0.500. The van der Waals surface area contributed by atoms with Crippen LogP contribution >= 0.6 is 11.6 Å². The topological polar surface area (TPSA) is 20.2 Å². The first-order valence-corrected chi connectivity index (χ1v) is 14.1. The Morgan fingerprint density at radius 3 is 1.39 bits per heavy atom. The van der Waals surface area contributed by atoms with Crippen LogP contribution in [-0.4, -0.2) is 47.2 Å². The average Bonchev–Trinajstić information content (AvgIpc) is 2.73. The van der Waals surface area contributed by atoms with Crippen molar-refractivity contribution in [2.45, 2.75) is 148 Å². The third-order valence-corrected chi connectivity index (χ3v) is 7.47. The summed E-state index contributed by atoms with van der Waals surface area (Å²) in [6.07, 6.45) is 23.2. The van der Waals surface area contributed by atoms with Gasteiger partial charge in [0.05, 0.1) is 19.6 Å². The maximum absolute atomic E-state index is 9.82. The van der Waals surface area contributed by atoms with Crippen molar-refractivity contribution in [2.75, 3.05) is 26.2 Å². The van der Waals surface area contributed by atoms with Crippen molar-refractivity contribution >= 4 is 11.6 Å². The molecule has 0 aliphatic rings. The van der Waals surface area contributed by atoms with E-state index in [1.54, 1.807) is 0 Å². The molecule has 190 valence electrons. The second-order valence-corrected chi connectivity index (χ2v) is 10.5. The molecular formula is C27H57Cl2NO. The number of alkyl halides is 1. The van der Waals surface area contributed by atoms with Gasteiger partial charge in [0.2, 0.25) is 0 Å². The fraction of sp³-hybridized carbons (Fsp3) is 1.00. The number of nitrogens with zero attached hydrogens (tertiary/aromatic N) is 1. The van der Waals surface area contributed by atoms with Crippen molar-refractivity contribution in [2.24, 2.45) is 0 Å². The van der Waals surface area contributed by atoms with Gasteiger partial charge in [-0.1, -0.05) is 103 Å². The van der Waals surface area contributed by atoms with E-state index in [0.717, 1.165) is 43.5 Å². The van der Waals surface area contributed by atoms with Crippen LogP contribution in [0, 0.1) is 0 Å². The maximum atomic E-state index is 9.82. The third-order valence-electron chi connectivity index (χ3n) is 7.03. The summed E-state index contributed by atoms with van der Waals surface area (Å²) in [6, 6.07) is 0. The second kappa shape index (κ2) is 23.7. The van der Waals surface area contributed by atoms with Crippen molar-refractivity contribution in [3.05, 3.63) is 0 Å². The number of halogens is 2. The lowest BCUT2D eigenvalue weighted by Gasteiger charge is -2.38. The number of aliphatic hydroxyl groups excluding tert-OH is 1. The fourth-order valence-corrected chi connectivity index (χ4v) is 5.00. The van der Waals surface area contributed by atoms with Gasteiger partial charge in [-0.15, -0.1) is 11.6 Å². The van der Waals surface area contributed by atoms with E-state index in [-0.39, 0.29) is 18.5 Å². The number of unbranched alkanes of at least 4 members (excludes halogenated alkanes) is 14.